The lowest BCUT2D eigenvalue weighted by atomic mass is 10.1. The van der Waals surface area contributed by atoms with Gasteiger partial charge in [-0.1, -0.05) is 18.2 Å². The molecular formula is C14H21NO2. The average molecular weight is 235 g/mol. The fraction of sp³-hybridized carbons (Fsp3) is 0.571. The Bertz CT molecular complexity index is 359. The summed E-state index contributed by atoms with van der Waals surface area (Å²) in [5.41, 5.74) is 9.31. The first kappa shape index (κ1) is 12.6. The Hall–Kier alpha value is -0.900. The van der Waals surface area contributed by atoms with E-state index in [1.54, 1.807) is 0 Å². The second-order valence-electron chi connectivity index (χ2n) is 4.59. The number of benzene rings is 1. The maximum atomic E-state index is 5.91. The highest BCUT2D eigenvalue weighted by Gasteiger charge is 2.14. The first-order valence-corrected chi connectivity index (χ1v) is 6.27. The van der Waals surface area contributed by atoms with Crippen LogP contribution >= 0.6 is 0 Å². The van der Waals surface area contributed by atoms with Gasteiger partial charge in [-0.05, 0) is 36.5 Å². The first-order chi connectivity index (χ1) is 8.29. The highest BCUT2D eigenvalue weighted by Crippen LogP contribution is 2.16. The van der Waals surface area contributed by atoms with Gasteiger partial charge >= 0.3 is 0 Å². The van der Waals surface area contributed by atoms with Gasteiger partial charge in [-0.3, -0.25) is 0 Å². The predicted molar refractivity (Wildman–Crippen MR) is 67.7 cm³/mol. The van der Waals surface area contributed by atoms with Crippen LogP contribution in [0.25, 0.3) is 0 Å². The van der Waals surface area contributed by atoms with E-state index in [9.17, 15) is 0 Å². The first-order valence-electron chi connectivity index (χ1n) is 6.27. The zero-order valence-electron chi connectivity index (χ0n) is 10.4. The average Bonchev–Trinajstić information content (AvgIpc) is 2.38. The van der Waals surface area contributed by atoms with Crippen LogP contribution in [-0.4, -0.2) is 19.3 Å². The van der Waals surface area contributed by atoms with E-state index in [0.717, 1.165) is 26.1 Å². The molecule has 0 aromatic heterocycles. The van der Waals surface area contributed by atoms with Gasteiger partial charge in [0.1, 0.15) is 0 Å². The van der Waals surface area contributed by atoms with Crippen LogP contribution in [0.15, 0.2) is 18.2 Å². The third kappa shape index (κ3) is 3.53. The van der Waals surface area contributed by atoms with E-state index in [1.165, 1.54) is 16.7 Å². The number of ether oxygens (including phenoxy) is 2. The van der Waals surface area contributed by atoms with Gasteiger partial charge in [0, 0.05) is 19.8 Å². The SMILES string of the molecule is Cc1cc(CN)ccc1COC1CCOCC1. The molecule has 1 aromatic carbocycles. The lowest BCUT2D eigenvalue weighted by Crippen LogP contribution is -2.23. The molecular weight excluding hydrogens is 214 g/mol. The minimum absolute atomic E-state index is 0.359. The molecule has 0 amide bonds. The molecule has 0 bridgehead atoms. The van der Waals surface area contributed by atoms with Crippen molar-refractivity contribution in [2.75, 3.05) is 13.2 Å². The van der Waals surface area contributed by atoms with E-state index in [0.29, 0.717) is 19.3 Å². The molecule has 2 rings (SSSR count). The van der Waals surface area contributed by atoms with E-state index < -0.39 is 0 Å². The Kier molecular flexibility index (Phi) is 4.54. The van der Waals surface area contributed by atoms with Crippen molar-refractivity contribution in [3.05, 3.63) is 34.9 Å². The second kappa shape index (κ2) is 6.15. The van der Waals surface area contributed by atoms with E-state index in [2.05, 4.69) is 25.1 Å². The third-order valence-corrected chi connectivity index (χ3v) is 3.29. The van der Waals surface area contributed by atoms with Gasteiger partial charge in [0.15, 0.2) is 0 Å². The standard InChI is InChI=1S/C14H21NO2/c1-11-8-12(9-15)2-3-13(11)10-17-14-4-6-16-7-5-14/h2-3,8,14H,4-7,9-10,15H2,1H3. The number of nitrogens with two attached hydrogens (primary N) is 1. The number of hydrogen-bond donors (Lipinski definition) is 1. The molecule has 0 saturated carbocycles. The Morgan fingerprint density at radius 3 is 2.76 bits per heavy atom. The summed E-state index contributed by atoms with van der Waals surface area (Å²) in [6.45, 7) is 5.07. The van der Waals surface area contributed by atoms with Gasteiger partial charge in [-0.2, -0.15) is 0 Å². The molecule has 1 saturated heterocycles. The largest absolute Gasteiger partial charge is 0.381 e. The topological polar surface area (TPSA) is 44.5 Å². The molecule has 17 heavy (non-hydrogen) atoms. The Morgan fingerprint density at radius 1 is 1.35 bits per heavy atom. The number of hydrogen-bond acceptors (Lipinski definition) is 3. The Labute approximate surface area is 103 Å². The molecule has 1 fully saturated rings. The molecule has 94 valence electrons. The molecule has 0 unspecified atom stereocenters. The fourth-order valence-electron chi connectivity index (χ4n) is 2.10. The van der Waals surface area contributed by atoms with Crippen LogP contribution < -0.4 is 5.73 Å². The highest BCUT2D eigenvalue weighted by molar-refractivity contribution is 5.30. The van der Waals surface area contributed by atoms with Crippen molar-refractivity contribution >= 4 is 0 Å². The molecule has 0 atom stereocenters. The summed E-state index contributed by atoms with van der Waals surface area (Å²) >= 11 is 0. The second-order valence-corrected chi connectivity index (χ2v) is 4.59. The zero-order valence-corrected chi connectivity index (χ0v) is 10.4. The Balaban J connectivity index is 1.89. The quantitative estimate of drug-likeness (QED) is 0.869. The summed E-state index contributed by atoms with van der Waals surface area (Å²) in [7, 11) is 0. The van der Waals surface area contributed by atoms with Crippen molar-refractivity contribution in [1.29, 1.82) is 0 Å². The van der Waals surface area contributed by atoms with Crippen LogP contribution in [0.4, 0.5) is 0 Å². The smallest absolute Gasteiger partial charge is 0.0723 e. The highest BCUT2D eigenvalue weighted by atomic mass is 16.5. The molecule has 3 nitrogen and oxygen atoms in total. The fourth-order valence-corrected chi connectivity index (χ4v) is 2.10. The molecule has 2 N–H and O–H groups in total. The molecule has 0 spiro atoms. The van der Waals surface area contributed by atoms with Crippen molar-refractivity contribution in [2.24, 2.45) is 5.73 Å². The molecule has 1 aliphatic rings. The zero-order chi connectivity index (χ0) is 12.1. The van der Waals surface area contributed by atoms with Crippen molar-refractivity contribution in [3.63, 3.8) is 0 Å². The molecule has 0 aliphatic carbocycles. The normalized spacial score (nSPS) is 17.3. The lowest BCUT2D eigenvalue weighted by molar-refractivity contribution is -0.0391. The Morgan fingerprint density at radius 2 is 2.12 bits per heavy atom. The minimum Gasteiger partial charge on any atom is -0.381 e. The summed E-state index contributed by atoms with van der Waals surface area (Å²) in [6, 6.07) is 6.34. The summed E-state index contributed by atoms with van der Waals surface area (Å²) in [6.07, 6.45) is 2.39. The molecule has 1 heterocycles. The number of rotatable bonds is 4. The monoisotopic (exact) mass is 235 g/mol. The van der Waals surface area contributed by atoms with Gasteiger partial charge < -0.3 is 15.2 Å². The molecule has 3 heteroatoms. The van der Waals surface area contributed by atoms with Crippen molar-refractivity contribution < 1.29 is 9.47 Å². The van der Waals surface area contributed by atoms with Crippen LogP contribution in [0.1, 0.15) is 29.5 Å². The maximum Gasteiger partial charge on any atom is 0.0723 e. The summed E-state index contributed by atoms with van der Waals surface area (Å²) < 4.78 is 11.2. The molecule has 1 aliphatic heterocycles. The van der Waals surface area contributed by atoms with Crippen LogP contribution in [0.2, 0.25) is 0 Å². The molecule has 0 radical (unpaired) electrons. The number of aryl methyl sites for hydroxylation is 1. The maximum absolute atomic E-state index is 5.91. The van der Waals surface area contributed by atoms with Gasteiger partial charge in [-0.25, -0.2) is 0 Å². The summed E-state index contributed by atoms with van der Waals surface area (Å²) in [5.74, 6) is 0. The summed E-state index contributed by atoms with van der Waals surface area (Å²) in [4.78, 5) is 0. The van der Waals surface area contributed by atoms with Crippen LogP contribution in [0, 0.1) is 6.92 Å². The van der Waals surface area contributed by atoms with Crippen molar-refractivity contribution in [3.8, 4) is 0 Å². The lowest BCUT2D eigenvalue weighted by Gasteiger charge is -2.22. The van der Waals surface area contributed by atoms with Crippen molar-refractivity contribution in [1.82, 2.24) is 0 Å². The van der Waals surface area contributed by atoms with Crippen LogP contribution in [0.5, 0.6) is 0 Å². The van der Waals surface area contributed by atoms with E-state index in [4.69, 9.17) is 15.2 Å². The van der Waals surface area contributed by atoms with Gasteiger partial charge in [0.25, 0.3) is 0 Å². The van der Waals surface area contributed by atoms with Crippen LogP contribution in [-0.2, 0) is 22.6 Å². The van der Waals surface area contributed by atoms with Gasteiger partial charge in [-0.15, -0.1) is 0 Å². The molecule has 1 aromatic rings. The third-order valence-electron chi connectivity index (χ3n) is 3.29. The van der Waals surface area contributed by atoms with Crippen molar-refractivity contribution in [2.45, 2.75) is 39.0 Å². The predicted octanol–water partition coefficient (Wildman–Crippen LogP) is 2.15. The van der Waals surface area contributed by atoms with Gasteiger partial charge in [0.2, 0.25) is 0 Å². The van der Waals surface area contributed by atoms with E-state index in [1.807, 2.05) is 0 Å². The van der Waals surface area contributed by atoms with Crippen LogP contribution in [0.3, 0.4) is 0 Å². The van der Waals surface area contributed by atoms with E-state index in [-0.39, 0.29) is 0 Å². The van der Waals surface area contributed by atoms with Gasteiger partial charge in [0.05, 0.1) is 12.7 Å². The minimum atomic E-state index is 0.359. The van der Waals surface area contributed by atoms with E-state index >= 15 is 0 Å². The summed E-state index contributed by atoms with van der Waals surface area (Å²) in [5, 5.41) is 0.